The molecule has 1 saturated heterocycles. The van der Waals surface area contributed by atoms with Gasteiger partial charge in [0, 0.05) is 43.6 Å². The van der Waals surface area contributed by atoms with Gasteiger partial charge >= 0.3 is 0 Å². The number of amides is 1. The second kappa shape index (κ2) is 7.99. The predicted octanol–water partition coefficient (Wildman–Crippen LogP) is 2.87. The van der Waals surface area contributed by atoms with E-state index < -0.39 is 0 Å². The van der Waals surface area contributed by atoms with Crippen molar-refractivity contribution in [3.8, 4) is 0 Å². The molecule has 0 unspecified atom stereocenters. The van der Waals surface area contributed by atoms with Gasteiger partial charge in [0.2, 0.25) is 0 Å². The van der Waals surface area contributed by atoms with Crippen LogP contribution in [0.15, 0.2) is 58.1 Å². The first kappa shape index (κ1) is 20.4. The van der Waals surface area contributed by atoms with E-state index in [1.165, 1.54) is 5.56 Å². The van der Waals surface area contributed by atoms with Crippen LogP contribution in [-0.2, 0) is 32.5 Å². The summed E-state index contributed by atoms with van der Waals surface area (Å²) in [6.45, 7) is 4.65. The average molecular weight is 445 g/mol. The van der Waals surface area contributed by atoms with E-state index in [1.54, 1.807) is 11.2 Å². The zero-order valence-corrected chi connectivity index (χ0v) is 18.7. The molecule has 0 bridgehead atoms. The summed E-state index contributed by atoms with van der Waals surface area (Å²) in [6.07, 6.45) is 7.19. The van der Waals surface area contributed by atoms with Gasteiger partial charge < -0.3 is 9.32 Å². The van der Waals surface area contributed by atoms with E-state index in [0.717, 1.165) is 57.0 Å². The Morgan fingerprint density at radius 2 is 1.91 bits per heavy atom. The highest BCUT2D eigenvalue weighted by Gasteiger charge is 2.42. The SMILES string of the molecule is O=C(c1ccccc1)N1CCc2nc3n(c(=O)c2C1)CC1(CCN(Cc2ccoc2)CC1)C3. The Morgan fingerprint density at radius 1 is 1.09 bits per heavy atom. The third-order valence-corrected chi connectivity index (χ3v) is 7.63. The van der Waals surface area contributed by atoms with E-state index in [0.29, 0.717) is 30.6 Å². The molecule has 1 fully saturated rings. The van der Waals surface area contributed by atoms with Crippen molar-refractivity contribution in [2.45, 2.75) is 45.3 Å². The molecule has 1 spiro atoms. The van der Waals surface area contributed by atoms with Gasteiger partial charge in [-0.15, -0.1) is 0 Å². The lowest BCUT2D eigenvalue weighted by atomic mass is 9.77. The number of furan rings is 1. The number of fused-ring (bicyclic) bond motifs is 2. The normalized spacial score (nSPS) is 19.5. The molecule has 1 aromatic carbocycles. The third-order valence-electron chi connectivity index (χ3n) is 7.63. The molecule has 33 heavy (non-hydrogen) atoms. The van der Waals surface area contributed by atoms with Crippen LogP contribution in [0.5, 0.6) is 0 Å². The van der Waals surface area contributed by atoms with Gasteiger partial charge in [0.25, 0.3) is 11.5 Å². The van der Waals surface area contributed by atoms with Gasteiger partial charge in [0.05, 0.1) is 30.3 Å². The van der Waals surface area contributed by atoms with Gasteiger partial charge in [-0.1, -0.05) is 18.2 Å². The topological polar surface area (TPSA) is 71.6 Å². The number of likely N-dealkylation sites (tertiary alicyclic amines) is 1. The van der Waals surface area contributed by atoms with Gasteiger partial charge in [-0.05, 0) is 49.5 Å². The fourth-order valence-electron chi connectivity index (χ4n) is 5.69. The van der Waals surface area contributed by atoms with Crippen LogP contribution in [0.2, 0.25) is 0 Å². The first-order valence-electron chi connectivity index (χ1n) is 11.8. The Hall–Kier alpha value is -3.19. The lowest BCUT2D eigenvalue weighted by molar-refractivity contribution is 0.0731. The quantitative estimate of drug-likeness (QED) is 0.621. The third kappa shape index (κ3) is 3.70. The van der Waals surface area contributed by atoms with Crippen molar-refractivity contribution in [3.63, 3.8) is 0 Å². The summed E-state index contributed by atoms with van der Waals surface area (Å²) in [6, 6.07) is 11.3. The Balaban J connectivity index is 1.18. The monoisotopic (exact) mass is 444 g/mol. The smallest absolute Gasteiger partial charge is 0.258 e. The molecule has 0 radical (unpaired) electrons. The maximum atomic E-state index is 13.5. The molecule has 3 aliphatic heterocycles. The minimum atomic E-state index is -0.0207. The van der Waals surface area contributed by atoms with Crippen LogP contribution in [0.3, 0.4) is 0 Å². The maximum absolute atomic E-state index is 13.5. The van der Waals surface area contributed by atoms with Crippen molar-refractivity contribution in [2.24, 2.45) is 5.41 Å². The second-order valence-electron chi connectivity index (χ2n) is 9.77. The number of rotatable bonds is 3. The van der Waals surface area contributed by atoms with Crippen LogP contribution in [0.25, 0.3) is 0 Å². The second-order valence-corrected chi connectivity index (χ2v) is 9.77. The van der Waals surface area contributed by atoms with Crippen LogP contribution >= 0.6 is 0 Å². The number of benzene rings is 1. The Labute approximate surface area is 192 Å². The summed E-state index contributed by atoms with van der Waals surface area (Å²) >= 11 is 0. The Bertz CT molecular complexity index is 1220. The van der Waals surface area contributed by atoms with Crippen molar-refractivity contribution in [1.82, 2.24) is 19.4 Å². The Morgan fingerprint density at radius 3 is 2.67 bits per heavy atom. The highest BCUT2D eigenvalue weighted by molar-refractivity contribution is 5.94. The van der Waals surface area contributed by atoms with Crippen molar-refractivity contribution >= 4 is 5.91 Å². The summed E-state index contributed by atoms with van der Waals surface area (Å²) < 4.78 is 7.11. The van der Waals surface area contributed by atoms with E-state index >= 15 is 0 Å². The van der Waals surface area contributed by atoms with Crippen LogP contribution in [0, 0.1) is 5.41 Å². The molecule has 0 saturated carbocycles. The molecule has 3 aromatic rings. The summed E-state index contributed by atoms with van der Waals surface area (Å²) in [4.78, 5) is 35.6. The molecule has 2 aromatic heterocycles. The number of hydrogen-bond acceptors (Lipinski definition) is 5. The summed E-state index contributed by atoms with van der Waals surface area (Å²) in [5.41, 5.74) is 3.63. The molecule has 0 atom stereocenters. The molecular formula is C26H28N4O3. The molecule has 0 aliphatic carbocycles. The summed E-state index contributed by atoms with van der Waals surface area (Å²) in [5.74, 6) is 0.914. The zero-order valence-electron chi connectivity index (χ0n) is 18.7. The molecule has 0 N–H and O–H groups in total. The first-order chi connectivity index (χ1) is 16.1. The van der Waals surface area contributed by atoms with Crippen molar-refractivity contribution in [3.05, 3.63) is 87.5 Å². The van der Waals surface area contributed by atoms with Gasteiger partial charge in [0.15, 0.2) is 0 Å². The van der Waals surface area contributed by atoms with E-state index in [1.807, 2.05) is 47.2 Å². The van der Waals surface area contributed by atoms with E-state index in [9.17, 15) is 9.59 Å². The predicted molar refractivity (Wildman–Crippen MR) is 123 cm³/mol. The maximum Gasteiger partial charge on any atom is 0.258 e. The largest absolute Gasteiger partial charge is 0.472 e. The molecule has 7 nitrogen and oxygen atoms in total. The minimum Gasteiger partial charge on any atom is -0.472 e. The summed E-state index contributed by atoms with van der Waals surface area (Å²) in [7, 11) is 0. The van der Waals surface area contributed by atoms with E-state index in [-0.39, 0.29) is 16.9 Å². The van der Waals surface area contributed by atoms with Gasteiger partial charge in [0.1, 0.15) is 5.82 Å². The fourth-order valence-corrected chi connectivity index (χ4v) is 5.69. The van der Waals surface area contributed by atoms with Gasteiger partial charge in [-0.2, -0.15) is 0 Å². The number of hydrogen-bond donors (Lipinski definition) is 0. The van der Waals surface area contributed by atoms with Crippen LogP contribution in [0.1, 0.15) is 45.8 Å². The Kier molecular flexibility index (Phi) is 4.94. The first-order valence-corrected chi connectivity index (χ1v) is 11.8. The number of carbonyl (C=O) groups is 1. The standard InChI is InChI=1S/C26H28N4O3/c31-24(20-4-2-1-3-5-20)29-10-6-22-21(16-29)25(32)30-18-26(14-23(30)27-22)8-11-28(12-9-26)15-19-7-13-33-17-19/h1-5,7,13,17H,6,8-12,14-16,18H2. The molecular weight excluding hydrogens is 416 g/mol. The molecule has 5 heterocycles. The van der Waals surface area contributed by atoms with E-state index in [4.69, 9.17) is 9.40 Å². The van der Waals surface area contributed by atoms with Crippen LogP contribution < -0.4 is 5.56 Å². The molecule has 1 amide bonds. The zero-order chi connectivity index (χ0) is 22.4. The average Bonchev–Trinajstić information content (AvgIpc) is 3.49. The number of nitrogens with zero attached hydrogens (tertiary/aromatic N) is 4. The van der Waals surface area contributed by atoms with Crippen LogP contribution in [0.4, 0.5) is 0 Å². The number of piperidine rings is 1. The number of carbonyl (C=O) groups excluding carboxylic acids is 1. The van der Waals surface area contributed by atoms with Gasteiger partial charge in [-0.3, -0.25) is 19.1 Å². The summed E-state index contributed by atoms with van der Waals surface area (Å²) in [5, 5.41) is 0. The van der Waals surface area contributed by atoms with Crippen LogP contribution in [-0.4, -0.2) is 44.9 Å². The molecule has 6 rings (SSSR count). The van der Waals surface area contributed by atoms with Crippen molar-refractivity contribution in [2.75, 3.05) is 19.6 Å². The van der Waals surface area contributed by atoms with Gasteiger partial charge in [-0.25, -0.2) is 4.98 Å². The van der Waals surface area contributed by atoms with E-state index in [2.05, 4.69) is 4.90 Å². The fraction of sp³-hybridized carbons (Fsp3) is 0.423. The molecule has 3 aliphatic rings. The number of aromatic nitrogens is 2. The highest BCUT2D eigenvalue weighted by atomic mass is 16.3. The minimum absolute atomic E-state index is 0.0207. The molecule has 7 heteroatoms. The highest BCUT2D eigenvalue weighted by Crippen LogP contribution is 2.41. The lowest BCUT2D eigenvalue weighted by Gasteiger charge is -2.38. The van der Waals surface area contributed by atoms with Crippen molar-refractivity contribution < 1.29 is 9.21 Å². The molecule has 170 valence electrons. The van der Waals surface area contributed by atoms with Crippen molar-refractivity contribution in [1.29, 1.82) is 0 Å². The lowest BCUT2D eigenvalue weighted by Crippen LogP contribution is -2.42.